The molecule has 0 heterocycles. The first kappa shape index (κ1) is 15.0. The second-order valence-electron chi connectivity index (χ2n) is 5.07. The Morgan fingerprint density at radius 1 is 1.37 bits per heavy atom. The highest BCUT2D eigenvalue weighted by atomic mass is 16.6. The van der Waals surface area contributed by atoms with Crippen LogP contribution in [-0.4, -0.2) is 22.8 Å². The minimum atomic E-state index is -1.13. The summed E-state index contributed by atoms with van der Waals surface area (Å²) in [6, 6.07) is 5.20. The standard InChI is InChI=1S/C13H18N2O4/c1-13(2,3)19-12(18)15-9-6-4-5-8(7-9)10(14)11(16)17/h4-7,10H,14H2,1-3H3,(H,15,18)(H,16,17). The van der Waals surface area contributed by atoms with E-state index in [4.69, 9.17) is 15.6 Å². The lowest BCUT2D eigenvalue weighted by Crippen LogP contribution is -2.27. The largest absolute Gasteiger partial charge is 0.480 e. The van der Waals surface area contributed by atoms with Gasteiger partial charge in [-0.25, -0.2) is 4.79 Å². The molecule has 1 atom stereocenters. The van der Waals surface area contributed by atoms with Crippen molar-refractivity contribution in [1.82, 2.24) is 0 Å². The van der Waals surface area contributed by atoms with Gasteiger partial charge in [-0.3, -0.25) is 10.1 Å². The summed E-state index contributed by atoms with van der Waals surface area (Å²) in [5, 5.41) is 11.3. The molecule has 104 valence electrons. The van der Waals surface area contributed by atoms with E-state index in [0.29, 0.717) is 11.3 Å². The predicted molar refractivity (Wildman–Crippen MR) is 70.9 cm³/mol. The van der Waals surface area contributed by atoms with Gasteiger partial charge in [0.1, 0.15) is 11.6 Å². The quantitative estimate of drug-likeness (QED) is 0.777. The van der Waals surface area contributed by atoms with E-state index in [9.17, 15) is 9.59 Å². The van der Waals surface area contributed by atoms with Crippen molar-refractivity contribution in [3.8, 4) is 0 Å². The van der Waals surface area contributed by atoms with Crippen LogP contribution in [0.3, 0.4) is 0 Å². The number of carboxylic acids is 1. The van der Waals surface area contributed by atoms with Gasteiger partial charge in [0, 0.05) is 5.69 Å². The Morgan fingerprint density at radius 2 is 2.00 bits per heavy atom. The van der Waals surface area contributed by atoms with Crippen LogP contribution in [0, 0.1) is 0 Å². The van der Waals surface area contributed by atoms with Gasteiger partial charge in [0.15, 0.2) is 0 Å². The van der Waals surface area contributed by atoms with Gasteiger partial charge in [0.25, 0.3) is 0 Å². The highest BCUT2D eigenvalue weighted by Gasteiger charge is 2.17. The van der Waals surface area contributed by atoms with E-state index in [2.05, 4.69) is 5.32 Å². The van der Waals surface area contributed by atoms with Gasteiger partial charge in [0.2, 0.25) is 0 Å². The van der Waals surface area contributed by atoms with Crippen LogP contribution in [0.5, 0.6) is 0 Å². The van der Waals surface area contributed by atoms with Crippen molar-refractivity contribution in [3.63, 3.8) is 0 Å². The van der Waals surface area contributed by atoms with Crippen molar-refractivity contribution in [2.75, 3.05) is 5.32 Å². The molecule has 0 spiro atoms. The van der Waals surface area contributed by atoms with E-state index in [1.54, 1.807) is 39.0 Å². The Labute approximate surface area is 111 Å². The topological polar surface area (TPSA) is 102 Å². The van der Waals surface area contributed by atoms with Crippen molar-refractivity contribution < 1.29 is 19.4 Å². The molecule has 0 saturated carbocycles. The Bertz CT molecular complexity index is 480. The smallest absolute Gasteiger partial charge is 0.412 e. The number of benzene rings is 1. The first-order valence-electron chi connectivity index (χ1n) is 5.77. The molecule has 0 saturated heterocycles. The molecule has 4 N–H and O–H groups in total. The Morgan fingerprint density at radius 3 is 2.53 bits per heavy atom. The second kappa shape index (κ2) is 5.71. The molecule has 1 unspecified atom stereocenters. The highest BCUT2D eigenvalue weighted by molar-refractivity contribution is 5.85. The van der Waals surface area contributed by atoms with Gasteiger partial charge in [-0.05, 0) is 38.5 Å². The lowest BCUT2D eigenvalue weighted by atomic mass is 10.1. The predicted octanol–water partition coefficient (Wildman–Crippen LogP) is 2.12. The van der Waals surface area contributed by atoms with Gasteiger partial charge in [-0.2, -0.15) is 0 Å². The molecule has 1 rings (SSSR count). The average Bonchev–Trinajstić information content (AvgIpc) is 2.25. The minimum absolute atomic E-state index is 0.404. The van der Waals surface area contributed by atoms with Crippen LogP contribution in [0.1, 0.15) is 32.4 Å². The molecule has 0 aliphatic rings. The van der Waals surface area contributed by atoms with Crippen LogP contribution in [0.25, 0.3) is 0 Å². The van der Waals surface area contributed by atoms with Crippen LogP contribution in [0.15, 0.2) is 24.3 Å². The fourth-order valence-corrected chi connectivity index (χ4v) is 1.37. The number of aliphatic carboxylic acids is 1. The van der Waals surface area contributed by atoms with E-state index in [1.165, 1.54) is 6.07 Å². The van der Waals surface area contributed by atoms with Crippen LogP contribution in [0.4, 0.5) is 10.5 Å². The minimum Gasteiger partial charge on any atom is -0.480 e. The maximum Gasteiger partial charge on any atom is 0.412 e. The summed E-state index contributed by atoms with van der Waals surface area (Å²) in [6.45, 7) is 5.26. The van der Waals surface area contributed by atoms with Gasteiger partial charge in [0.05, 0.1) is 0 Å². The highest BCUT2D eigenvalue weighted by Crippen LogP contribution is 2.17. The molecule has 0 fully saturated rings. The maximum atomic E-state index is 11.6. The number of nitrogens with two attached hydrogens (primary N) is 1. The van der Waals surface area contributed by atoms with E-state index >= 15 is 0 Å². The van der Waals surface area contributed by atoms with Crippen LogP contribution >= 0.6 is 0 Å². The van der Waals surface area contributed by atoms with Crippen molar-refractivity contribution in [2.24, 2.45) is 5.73 Å². The lowest BCUT2D eigenvalue weighted by Gasteiger charge is -2.20. The van der Waals surface area contributed by atoms with Gasteiger partial charge >= 0.3 is 12.1 Å². The number of amides is 1. The molecule has 1 amide bonds. The molecule has 0 aliphatic carbocycles. The number of carbonyl (C=O) groups is 2. The van der Waals surface area contributed by atoms with Gasteiger partial charge < -0.3 is 15.6 Å². The zero-order valence-corrected chi connectivity index (χ0v) is 11.1. The molecular weight excluding hydrogens is 248 g/mol. The summed E-state index contributed by atoms with van der Waals surface area (Å²) >= 11 is 0. The summed E-state index contributed by atoms with van der Waals surface area (Å²) in [4.78, 5) is 22.3. The normalized spacial score (nSPS) is 12.6. The average molecular weight is 266 g/mol. The number of hydrogen-bond donors (Lipinski definition) is 3. The molecule has 0 radical (unpaired) electrons. The summed E-state index contributed by atoms with van der Waals surface area (Å²) in [7, 11) is 0. The molecule has 6 nitrogen and oxygen atoms in total. The van der Waals surface area contributed by atoms with E-state index in [-0.39, 0.29) is 0 Å². The number of nitrogens with one attached hydrogen (secondary N) is 1. The zero-order chi connectivity index (χ0) is 14.6. The number of rotatable bonds is 3. The van der Waals surface area contributed by atoms with Crippen LogP contribution in [-0.2, 0) is 9.53 Å². The van der Waals surface area contributed by atoms with Crippen LogP contribution in [0.2, 0.25) is 0 Å². The third-order valence-electron chi connectivity index (χ3n) is 2.16. The monoisotopic (exact) mass is 266 g/mol. The van der Waals surface area contributed by atoms with Crippen molar-refractivity contribution in [1.29, 1.82) is 0 Å². The van der Waals surface area contributed by atoms with Crippen molar-refractivity contribution in [2.45, 2.75) is 32.4 Å². The summed E-state index contributed by atoms with van der Waals surface area (Å²) in [5.74, 6) is -1.13. The zero-order valence-electron chi connectivity index (χ0n) is 11.1. The molecule has 0 aliphatic heterocycles. The van der Waals surface area contributed by atoms with Crippen molar-refractivity contribution in [3.05, 3.63) is 29.8 Å². The Kier molecular flexibility index (Phi) is 4.50. The molecule has 1 aromatic rings. The third-order valence-corrected chi connectivity index (χ3v) is 2.16. The van der Waals surface area contributed by atoms with E-state index < -0.39 is 23.7 Å². The third kappa shape index (κ3) is 4.97. The van der Waals surface area contributed by atoms with Crippen LogP contribution < -0.4 is 11.1 Å². The van der Waals surface area contributed by atoms with E-state index in [0.717, 1.165) is 0 Å². The number of anilines is 1. The van der Waals surface area contributed by atoms with E-state index in [1.807, 2.05) is 0 Å². The number of ether oxygens (including phenoxy) is 1. The molecule has 0 bridgehead atoms. The maximum absolute atomic E-state index is 11.6. The number of carboxylic acid groups (broad SMARTS) is 1. The molecular formula is C13H18N2O4. The van der Waals surface area contributed by atoms with Crippen molar-refractivity contribution >= 4 is 17.7 Å². The molecule has 1 aromatic carbocycles. The van der Waals surface area contributed by atoms with Gasteiger partial charge in [-0.1, -0.05) is 12.1 Å². The molecule has 0 aromatic heterocycles. The first-order valence-corrected chi connectivity index (χ1v) is 5.77. The SMILES string of the molecule is CC(C)(C)OC(=O)Nc1cccc(C(N)C(=O)O)c1. The first-order chi connectivity index (χ1) is 8.69. The molecule has 19 heavy (non-hydrogen) atoms. The second-order valence-corrected chi connectivity index (χ2v) is 5.07. The number of carbonyl (C=O) groups excluding carboxylic acids is 1. The van der Waals surface area contributed by atoms with Gasteiger partial charge in [-0.15, -0.1) is 0 Å². The lowest BCUT2D eigenvalue weighted by molar-refractivity contribution is -0.138. The summed E-state index contributed by atoms with van der Waals surface area (Å²) in [6.07, 6.45) is -0.603. The Balaban J connectivity index is 2.78. The summed E-state index contributed by atoms with van der Waals surface area (Å²) in [5.41, 5.74) is 5.74. The molecule has 6 heteroatoms. The fraction of sp³-hybridized carbons (Fsp3) is 0.385. The fourth-order valence-electron chi connectivity index (χ4n) is 1.37. The summed E-state index contributed by atoms with van der Waals surface area (Å²) < 4.78 is 5.09. The Hall–Kier alpha value is -2.08. The number of hydrogen-bond acceptors (Lipinski definition) is 4.